The van der Waals surface area contributed by atoms with Crippen molar-refractivity contribution in [1.29, 1.82) is 0 Å². The molecule has 0 rings (SSSR count). The maximum Gasteiger partial charge on any atom is 0.306 e. The van der Waals surface area contributed by atoms with Crippen LogP contribution in [0.25, 0.3) is 0 Å². The minimum absolute atomic E-state index is 0.0802. The molecule has 0 aromatic heterocycles. The van der Waals surface area contributed by atoms with Crippen molar-refractivity contribution >= 4 is 17.9 Å². The van der Waals surface area contributed by atoms with E-state index < -0.39 is 6.10 Å². The molecule has 0 aliphatic heterocycles. The Morgan fingerprint density at radius 2 is 0.552 bits per heavy atom. The average molecular weight is 938 g/mol. The fourth-order valence-corrected chi connectivity index (χ4v) is 8.07. The Kier molecular flexibility index (Phi) is 53.3. The zero-order valence-electron chi connectivity index (χ0n) is 44.4. The van der Waals surface area contributed by atoms with E-state index in [0.29, 0.717) is 19.3 Å². The minimum Gasteiger partial charge on any atom is -0.462 e. The van der Waals surface area contributed by atoms with E-state index in [-0.39, 0.29) is 31.1 Å². The molecular weight excluding hydrogens is 829 g/mol. The number of unbranched alkanes of at least 4 members (excludes halogenated alkanes) is 31. The molecule has 0 fully saturated rings. The van der Waals surface area contributed by atoms with Crippen molar-refractivity contribution in [3.05, 3.63) is 60.8 Å². The number of hydrogen-bond donors (Lipinski definition) is 0. The molecule has 6 heteroatoms. The lowest BCUT2D eigenvalue weighted by atomic mass is 10.1. The summed E-state index contributed by atoms with van der Waals surface area (Å²) in [5, 5.41) is 0. The number of rotatable bonds is 52. The van der Waals surface area contributed by atoms with Crippen LogP contribution < -0.4 is 0 Å². The van der Waals surface area contributed by atoms with Gasteiger partial charge in [-0.15, -0.1) is 0 Å². The summed E-state index contributed by atoms with van der Waals surface area (Å²) in [4.78, 5) is 38.1. The monoisotopic (exact) mass is 937 g/mol. The molecule has 0 saturated carbocycles. The first-order chi connectivity index (χ1) is 33.0. The molecule has 0 radical (unpaired) electrons. The number of carbonyl (C=O) groups excluding carboxylic acids is 3. The van der Waals surface area contributed by atoms with Crippen LogP contribution in [0.5, 0.6) is 0 Å². The molecule has 0 amide bonds. The van der Waals surface area contributed by atoms with Crippen molar-refractivity contribution in [3.8, 4) is 0 Å². The van der Waals surface area contributed by atoms with Crippen LogP contribution in [0, 0.1) is 0 Å². The Hall–Kier alpha value is -2.89. The number of allylic oxidation sites excluding steroid dienone is 10. The molecule has 0 unspecified atom stereocenters. The van der Waals surface area contributed by atoms with E-state index >= 15 is 0 Å². The molecule has 0 aromatic rings. The summed E-state index contributed by atoms with van der Waals surface area (Å²) >= 11 is 0. The Morgan fingerprint density at radius 1 is 0.299 bits per heavy atom. The van der Waals surface area contributed by atoms with Gasteiger partial charge in [-0.25, -0.2) is 0 Å². The molecule has 6 nitrogen and oxygen atoms in total. The van der Waals surface area contributed by atoms with E-state index in [2.05, 4.69) is 81.5 Å². The van der Waals surface area contributed by atoms with Crippen LogP contribution in [-0.4, -0.2) is 37.2 Å². The van der Waals surface area contributed by atoms with E-state index in [9.17, 15) is 14.4 Å². The van der Waals surface area contributed by atoms with E-state index in [0.717, 1.165) is 83.5 Å². The standard InChI is InChI=1S/C61H108O6/c1-4-7-10-13-16-19-22-24-26-28-30-32-34-36-39-41-44-47-50-53-59(62)65-56-58(67-61(64)55-52-49-46-43-38-21-18-15-12-9-6-3)57-66-60(63)54-51-48-45-42-40-37-35-33-31-29-27-25-23-20-17-14-11-8-5-2/h15-20,24-27,58H,4-14,21-23,28-57H2,1-3H3/b18-15-,19-16-,20-17-,26-24-,27-25-. The maximum absolute atomic E-state index is 12.8. The highest BCUT2D eigenvalue weighted by Gasteiger charge is 2.19. The Labute approximate surface area is 415 Å². The summed E-state index contributed by atoms with van der Waals surface area (Å²) in [6, 6.07) is 0. The summed E-state index contributed by atoms with van der Waals surface area (Å²) in [7, 11) is 0. The topological polar surface area (TPSA) is 78.9 Å². The number of esters is 3. The van der Waals surface area contributed by atoms with Gasteiger partial charge < -0.3 is 14.2 Å². The van der Waals surface area contributed by atoms with Gasteiger partial charge in [-0.05, 0) is 103 Å². The molecular formula is C61H108O6. The van der Waals surface area contributed by atoms with Crippen LogP contribution in [0.3, 0.4) is 0 Å². The van der Waals surface area contributed by atoms with Gasteiger partial charge in [0.2, 0.25) is 0 Å². The third-order valence-corrected chi connectivity index (χ3v) is 12.5. The highest BCUT2D eigenvalue weighted by molar-refractivity contribution is 5.71. The number of ether oxygens (including phenoxy) is 3. The van der Waals surface area contributed by atoms with Crippen molar-refractivity contribution in [3.63, 3.8) is 0 Å². The van der Waals surface area contributed by atoms with Gasteiger partial charge in [-0.1, -0.05) is 229 Å². The van der Waals surface area contributed by atoms with Gasteiger partial charge in [-0.3, -0.25) is 14.4 Å². The first-order valence-corrected chi connectivity index (χ1v) is 28.8. The molecule has 0 spiro atoms. The lowest BCUT2D eigenvalue weighted by Crippen LogP contribution is -2.30. The smallest absolute Gasteiger partial charge is 0.306 e. The van der Waals surface area contributed by atoms with Crippen molar-refractivity contribution in [1.82, 2.24) is 0 Å². The highest BCUT2D eigenvalue weighted by Crippen LogP contribution is 2.15. The largest absolute Gasteiger partial charge is 0.462 e. The van der Waals surface area contributed by atoms with E-state index in [4.69, 9.17) is 14.2 Å². The van der Waals surface area contributed by atoms with Crippen molar-refractivity contribution < 1.29 is 28.6 Å². The van der Waals surface area contributed by atoms with Crippen LogP contribution in [0.2, 0.25) is 0 Å². The van der Waals surface area contributed by atoms with E-state index in [1.165, 1.54) is 167 Å². The normalized spacial score (nSPS) is 12.1. The molecule has 388 valence electrons. The molecule has 0 atom stereocenters. The predicted octanol–water partition coefficient (Wildman–Crippen LogP) is 19.2. The molecule has 0 bridgehead atoms. The highest BCUT2D eigenvalue weighted by atomic mass is 16.6. The van der Waals surface area contributed by atoms with Crippen LogP contribution in [0.15, 0.2) is 60.8 Å². The molecule has 0 heterocycles. The van der Waals surface area contributed by atoms with Crippen LogP contribution in [0.4, 0.5) is 0 Å². The van der Waals surface area contributed by atoms with Crippen molar-refractivity contribution in [2.75, 3.05) is 13.2 Å². The van der Waals surface area contributed by atoms with Crippen molar-refractivity contribution in [2.24, 2.45) is 0 Å². The van der Waals surface area contributed by atoms with Gasteiger partial charge in [0.1, 0.15) is 13.2 Å². The summed E-state index contributed by atoms with van der Waals surface area (Å²) in [6.07, 6.45) is 69.2. The fourth-order valence-electron chi connectivity index (χ4n) is 8.07. The second-order valence-electron chi connectivity index (χ2n) is 19.2. The summed E-state index contributed by atoms with van der Waals surface area (Å²) in [5.41, 5.74) is 0. The quantitative estimate of drug-likeness (QED) is 0.0262. The number of hydrogen-bond acceptors (Lipinski definition) is 6. The van der Waals surface area contributed by atoms with Gasteiger partial charge in [0, 0.05) is 19.3 Å². The molecule has 67 heavy (non-hydrogen) atoms. The van der Waals surface area contributed by atoms with Gasteiger partial charge in [0.15, 0.2) is 6.10 Å². The van der Waals surface area contributed by atoms with Crippen LogP contribution >= 0.6 is 0 Å². The zero-order valence-corrected chi connectivity index (χ0v) is 44.4. The Bertz CT molecular complexity index is 1140. The minimum atomic E-state index is -0.781. The summed E-state index contributed by atoms with van der Waals surface area (Å²) in [6.45, 7) is 6.56. The average Bonchev–Trinajstić information content (AvgIpc) is 3.33. The Morgan fingerprint density at radius 3 is 0.881 bits per heavy atom. The first-order valence-electron chi connectivity index (χ1n) is 28.8. The predicted molar refractivity (Wildman–Crippen MR) is 288 cm³/mol. The lowest BCUT2D eigenvalue weighted by Gasteiger charge is -2.18. The molecule has 0 aliphatic carbocycles. The van der Waals surface area contributed by atoms with E-state index in [1.807, 2.05) is 0 Å². The number of carbonyl (C=O) groups is 3. The SMILES string of the molecule is CCCC/C=C\CCCCCCCC(=O)OC(COC(=O)CCCCCCCCCCC/C=C\C/C=C\CCCCC)COC(=O)CCCCCCCCCCC/C=C\C/C=C\CCCCC. The second kappa shape index (κ2) is 55.7. The van der Waals surface area contributed by atoms with Crippen LogP contribution in [0.1, 0.15) is 290 Å². The molecule has 0 aliphatic rings. The molecule has 0 aromatic carbocycles. The van der Waals surface area contributed by atoms with Crippen LogP contribution in [-0.2, 0) is 28.6 Å². The maximum atomic E-state index is 12.8. The lowest BCUT2D eigenvalue weighted by molar-refractivity contribution is -0.167. The van der Waals surface area contributed by atoms with Gasteiger partial charge in [-0.2, -0.15) is 0 Å². The summed E-state index contributed by atoms with van der Waals surface area (Å²) in [5.74, 6) is -0.889. The second-order valence-corrected chi connectivity index (χ2v) is 19.2. The van der Waals surface area contributed by atoms with Crippen molar-refractivity contribution in [2.45, 2.75) is 297 Å². The van der Waals surface area contributed by atoms with Gasteiger partial charge in [0.25, 0.3) is 0 Å². The zero-order chi connectivity index (χ0) is 48.6. The summed E-state index contributed by atoms with van der Waals surface area (Å²) < 4.78 is 16.8. The van der Waals surface area contributed by atoms with Gasteiger partial charge in [0.05, 0.1) is 0 Å². The third-order valence-electron chi connectivity index (χ3n) is 12.5. The fraction of sp³-hybridized carbons (Fsp3) is 0.787. The van der Waals surface area contributed by atoms with Gasteiger partial charge >= 0.3 is 17.9 Å². The van der Waals surface area contributed by atoms with E-state index in [1.54, 1.807) is 0 Å². The third kappa shape index (κ3) is 53.9. The Balaban J connectivity index is 4.30. The molecule has 0 N–H and O–H groups in total. The first kappa shape index (κ1) is 64.1. The molecule has 0 saturated heterocycles.